The summed E-state index contributed by atoms with van der Waals surface area (Å²) in [5.41, 5.74) is 3.18. The quantitative estimate of drug-likeness (QED) is 0.888. The van der Waals surface area contributed by atoms with Crippen LogP contribution >= 0.6 is 15.9 Å². The number of benzene rings is 2. The summed E-state index contributed by atoms with van der Waals surface area (Å²) in [4.78, 5) is 0. The second-order valence-electron chi connectivity index (χ2n) is 5.23. The molecule has 0 atom stereocenters. The average Bonchev–Trinajstić information content (AvgIpc) is 2.44. The third kappa shape index (κ3) is 2.71. The van der Waals surface area contributed by atoms with Gasteiger partial charge in [-0.2, -0.15) is 5.26 Å². The Morgan fingerprint density at radius 2 is 1.85 bits per heavy atom. The number of anilines is 1. The summed E-state index contributed by atoms with van der Waals surface area (Å²) >= 11 is 3.52. The van der Waals surface area contributed by atoms with E-state index in [1.165, 1.54) is 5.56 Å². The third-order valence-electron chi connectivity index (χ3n) is 3.87. The average molecular weight is 327 g/mol. The maximum absolute atomic E-state index is 8.86. The van der Waals surface area contributed by atoms with Crippen molar-refractivity contribution in [3.8, 4) is 6.07 Å². The Bertz CT molecular complexity index is 640. The highest BCUT2D eigenvalue weighted by molar-refractivity contribution is 9.10. The zero-order valence-electron chi connectivity index (χ0n) is 11.0. The van der Waals surface area contributed by atoms with Crippen LogP contribution in [-0.2, 0) is 0 Å². The molecule has 2 aromatic carbocycles. The lowest BCUT2D eigenvalue weighted by Crippen LogP contribution is -2.34. The first kappa shape index (κ1) is 13.2. The Kier molecular flexibility index (Phi) is 3.75. The van der Waals surface area contributed by atoms with Crippen LogP contribution in [0.1, 0.15) is 29.9 Å². The van der Waals surface area contributed by atoms with Crippen LogP contribution in [0.4, 0.5) is 5.69 Å². The Balaban J connectivity index is 1.61. The molecule has 0 radical (unpaired) electrons. The minimum atomic E-state index is 0.518. The predicted molar refractivity (Wildman–Crippen MR) is 84.7 cm³/mol. The van der Waals surface area contributed by atoms with Crippen molar-refractivity contribution in [2.24, 2.45) is 0 Å². The molecule has 0 aromatic heterocycles. The van der Waals surface area contributed by atoms with E-state index in [9.17, 15) is 0 Å². The Morgan fingerprint density at radius 1 is 1.10 bits per heavy atom. The lowest BCUT2D eigenvalue weighted by atomic mass is 9.76. The molecule has 1 saturated carbocycles. The van der Waals surface area contributed by atoms with Crippen LogP contribution in [0, 0.1) is 11.3 Å². The van der Waals surface area contributed by atoms with E-state index in [4.69, 9.17) is 5.26 Å². The SMILES string of the molecule is N#Cc1ccc(NC2CC(c3ccccc3)C2)c(Br)c1. The van der Waals surface area contributed by atoms with Gasteiger partial charge in [-0.15, -0.1) is 0 Å². The van der Waals surface area contributed by atoms with E-state index in [1.807, 2.05) is 18.2 Å². The first-order chi connectivity index (χ1) is 9.76. The molecule has 3 rings (SSSR count). The van der Waals surface area contributed by atoms with Crippen LogP contribution < -0.4 is 5.32 Å². The van der Waals surface area contributed by atoms with Crippen molar-refractivity contribution >= 4 is 21.6 Å². The fourth-order valence-electron chi connectivity index (χ4n) is 2.65. The molecule has 20 heavy (non-hydrogen) atoms. The van der Waals surface area contributed by atoms with Gasteiger partial charge in [-0.3, -0.25) is 0 Å². The summed E-state index contributed by atoms with van der Waals surface area (Å²) in [6.07, 6.45) is 2.33. The molecule has 2 nitrogen and oxygen atoms in total. The maximum atomic E-state index is 8.86. The molecule has 0 heterocycles. The van der Waals surface area contributed by atoms with Crippen molar-refractivity contribution in [2.45, 2.75) is 24.8 Å². The molecule has 0 spiro atoms. The van der Waals surface area contributed by atoms with Gasteiger partial charge in [0.05, 0.1) is 11.6 Å². The van der Waals surface area contributed by atoms with E-state index in [0.717, 1.165) is 23.0 Å². The van der Waals surface area contributed by atoms with E-state index < -0.39 is 0 Å². The van der Waals surface area contributed by atoms with Crippen molar-refractivity contribution in [1.82, 2.24) is 0 Å². The minimum Gasteiger partial charge on any atom is -0.381 e. The largest absolute Gasteiger partial charge is 0.381 e. The molecule has 0 aliphatic heterocycles. The van der Waals surface area contributed by atoms with Gasteiger partial charge in [0.25, 0.3) is 0 Å². The fraction of sp³-hybridized carbons (Fsp3) is 0.235. The van der Waals surface area contributed by atoms with Crippen molar-refractivity contribution in [2.75, 3.05) is 5.32 Å². The van der Waals surface area contributed by atoms with Crippen LogP contribution in [0.25, 0.3) is 0 Å². The van der Waals surface area contributed by atoms with Crippen molar-refractivity contribution in [3.05, 3.63) is 64.1 Å². The standard InChI is InChI=1S/C17H15BrN2/c18-16-8-12(11-19)6-7-17(16)20-15-9-14(10-15)13-4-2-1-3-5-13/h1-8,14-15,20H,9-10H2. The van der Waals surface area contributed by atoms with Crippen LogP contribution in [0.5, 0.6) is 0 Å². The predicted octanol–water partition coefficient (Wildman–Crippen LogP) is 4.68. The first-order valence-electron chi connectivity index (χ1n) is 6.77. The summed E-state index contributed by atoms with van der Waals surface area (Å²) in [5, 5.41) is 12.4. The van der Waals surface area contributed by atoms with Gasteiger partial charge in [0.15, 0.2) is 0 Å². The summed E-state index contributed by atoms with van der Waals surface area (Å²) in [6, 6.07) is 19.0. The second-order valence-corrected chi connectivity index (χ2v) is 6.08. The highest BCUT2D eigenvalue weighted by Gasteiger charge is 2.30. The third-order valence-corrected chi connectivity index (χ3v) is 4.52. The monoisotopic (exact) mass is 326 g/mol. The smallest absolute Gasteiger partial charge is 0.0992 e. The van der Waals surface area contributed by atoms with Crippen molar-refractivity contribution < 1.29 is 0 Å². The second kappa shape index (κ2) is 5.68. The molecule has 100 valence electrons. The molecule has 3 heteroatoms. The number of halogens is 1. The molecule has 2 aromatic rings. The molecule has 1 N–H and O–H groups in total. The first-order valence-corrected chi connectivity index (χ1v) is 7.56. The number of nitrogens with one attached hydrogen (secondary N) is 1. The van der Waals surface area contributed by atoms with E-state index in [-0.39, 0.29) is 0 Å². The normalized spacial score (nSPS) is 20.8. The molecule has 0 saturated heterocycles. The Hall–Kier alpha value is -1.79. The maximum Gasteiger partial charge on any atom is 0.0992 e. The van der Waals surface area contributed by atoms with Gasteiger partial charge in [0.1, 0.15) is 0 Å². The fourth-order valence-corrected chi connectivity index (χ4v) is 3.15. The van der Waals surface area contributed by atoms with Crippen LogP contribution in [0.15, 0.2) is 53.0 Å². The molecule has 1 fully saturated rings. The lowest BCUT2D eigenvalue weighted by Gasteiger charge is -2.37. The van der Waals surface area contributed by atoms with Gasteiger partial charge in [-0.25, -0.2) is 0 Å². The number of nitrogens with zero attached hydrogens (tertiary/aromatic N) is 1. The molecule has 1 aliphatic carbocycles. The summed E-state index contributed by atoms with van der Waals surface area (Å²) in [5.74, 6) is 0.672. The highest BCUT2D eigenvalue weighted by Crippen LogP contribution is 2.39. The summed E-state index contributed by atoms with van der Waals surface area (Å²) < 4.78 is 0.958. The van der Waals surface area contributed by atoms with E-state index in [2.05, 4.69) is 57.6 Å². The summed E-state index contributed by atoms with van der Waals surface area (Å²) in [6.45, 7) is 0. The lowest BCUT2D eigenvalue weighted by molar-refractivity contribution is 0.374. The van der Waals surface area contributed by atoms with Gasteiger partial charge in [0.2, 0.25) is 0 Å². The molecular formula is C17H15BrN2. The molecule has 0 amide bonds. The van der Waals surface area contributed by atoms with Crippen molar-refractivity contribution in [3.63, 3.8) is 0 Å². The minimum absolute atomic E-state index is 0.518. The Morgan fingerprint density at radius 3 is 2.50 bits per heavy atom. The van der Waals surface area contributed by atoms with Crippen molar-refractivity contribution in [1.29, 1.82) is 5.26 Å². The van der Waals surface area contributed by atoms with Crippen LogP contribution in [-0.4, -0.2) is 6.04 Å². The highest BCUT2D eigenvalue weighted by atomic mass is 79.9. The van der Waals surface area contributed by atoms with E-state index >= 15 is 0 Å². The van der Waals surface area contributed by atoms with Crippen LogP contribution in [0.3, 0.4) is 0 Å². The van der Waals surface area contributed by atoms with Gasteiger partial charge < -0.3 is 5.32 Å². The van der Waals surface area contributed by atoms with Crippen LogP contribution in [0.2, 0.25) is 0 Å². The molecule has 1 aliphatic rings. The zero-order chi connectivity index (χ0) is 13.9. The number of rotatable bonds is 3. The molecular weight excluding hydrogens is 312 g/mol. The Labute approximate surface area is 127 Å². The van der Waals surface area contributed by atoms with E-state index in [0.29, 0.717) is 17.5 Å². The van der Waals surface area contributed by atoms with E-state index in [1.54, 1.807) is 0 Å². The molecule has 0 unspecified atom stereocenters. The van der Waals surface area contributed by atoms with Gasteiger partial charge in [-0.05, 0) is 58.5 Å². The molecule has 0 bridgehead atoms. The van der Waals surface area contributed by atoms with Gasteiger partial charge in [-0.1, -0.05) is 30.3 Å². The topological polar surface area (TPSA) is 35.8 Å². The summed E-state index contributed by atoms with van der Waals surface area (Å²) in [7, 11) is 0. The zero-order valence-corrected chi connectivity index (χ0v) is 12.6. The number of hydrogen-bond acceptors (Lipinski definition) is 2. The van der Waals surface area contributed by atoms with Gasteiger partial charge in [0, 0.05) is 16.2 Å². The number of nitriles is 1. The van der Waals surface area contributed by atoms with Gasteiger partial charge >= 0.3 is 0 Å². The number of hydrogen-bond donors (Lipinski definition) is 1.